The van der Waals surface area contributed by atoms with E-state index >= 15 is 0 Å². The van der Waals surface area contributed by atoms with Crippen LogP contribution in [0.1, 0.15) is 31.2 Å². The van der Waals surface area contributed by atoms with Crippen LogP contribution >= 0.6 is 0 Å². The second-order valence-corrected chi connectivity index (χ2v) is 5.81. The smallest absolute Gasteiger partial charge is 0.325 e. The van der Waals surface area contributed by atoms with Gasteiger partial charge in [0.05, 0.1) is 5.60 Å². The summed E-state index contributed by atoms with van der Waals surface area (Å²) in [5.74, 6) is 0. The SMILES string of the molecule is O=c1[nH]cc(CN[C@@H]2CCOC3(CCOCC3)C2)c(=O)[nH]1. The summed E-state index contributed by atoms with van der Waals surface area (Å²) < 4.78 is 11.4. The van der Waals surface area contributed by atoms with Crippen LogP contribution in [0.3, 0.4) is 0 Å². The summed E-state index contributed by atoms with van der Waals surface area (Å²) in [6, 6.07) is 0.322. The van der Waals surface area contributed by atoms with Crippen molar-refractivity contribution in [3.8, 4) is 0 Å². The molecule has 7 nitrogen and oxygen atoms in total. The standard InChI is InChI=1S/C14H21N3O4/c18-12-10(9-16-13(19)17-12)8-15-11-1-4-21-14(7-11)2-5-20-6-3-14/h9,11,15H,1-8H2,(H2,16,17,18,19)/t11-/m1/s1. The predicted octanol–water partition coefficient (Wildman–Crippen LogP) is -0.119. The minimum Gasteiger partial charge on any atom is -0.381 e. The molecular weight excluding hydrogens is 274 g/mol. The van der Waals surface area contributed by atoms with E-state index in [0.717, 1.165) is 45.5 Å². The molecule has 0 aromatic carbocycles. The van der Waals surface area contributed by atoms with Gasteiger partial charge in [0.25, 0.3) is 5.56 Å². The Hall–Kier alpha value is -1.44. The van der Waals surface area contributed by atoms with E-state index in [2.05, 4.69) is 15.3 Å². The maximum atomic E-state index is 11.7. The molecule has 0 radical (unpaired) electrons. The summed E-state index contributed by atoms with van der Waals surface area (Å²) in [7, 11) is 0. The van der Waals surface area contributed by atoms with Gasteiger partial charge in [0.2, 0.25) is 0 Å². The van der Waals surface area contributed by atoms with E-state index in [9.17, 15) is 9.59 Å². The van der Waals surface area contributed by atoms with Gasteiger partial charge < -0.3 is 19.8 Å². The van der Waals surface area contributed by atoms with E-state index in [4.69, 9.17) is 9.47 Å². The van der Waals surface area contributed by atoms with Gasteiger partial charge in [0, 0.05) is 44.2 Å². The van der Waals surface area contributed by atoms with Crippen molar-refractivity contribution in [1.29, 1.82) is 0 Å². The fraction of sp³-hybridized carbons (Fsp3) is 0.714. The lowest BCUT2D eigenvalue weighted by molar-refractivity contribution is -0.140. The Kier molecular flexibility index (Phi) is 4.23. The highest BCUT2D eigenvalue weighted by Crippen LogP contribution is 2.34. The highest BCUT2D eigenvalue weighted by atomic mass is 16.5. The zero-order chi connectivity index (χ0) is 14.7. The van der Waals surface area contributed by atoms with Gasteiger partial charge in [-0.1, -0.05) is 0 Å². The molecule has 2 fully saturated rings. The molecule has 21 heavy (non-hydrogen) atoms. The van der Waals surface area contributed by atoms with E-state index in [-0.39, 0.29) is 11.2 Å². The normalized spacial score (nSPS) is 25.0. The largest absolute Gasteiger partial charge is 0.381 e. The third-order valence-electron chi connectivity index (χ3n) is 4.37. The summed E-state index contributed by atoms with van der Waals surface area (Å²) in [5, 5.41) is 3.41. The van der Waals surface area contributed by atoms with Gasteiger partial charge in [-0.05, 0) is 25.7 Å². The molecule has 0 unspecified atom stereocenters. The summed E-state index contributed by atoms with van der Waals surface area (Å²) in [6.07, 6.45) is 5.22. The Balaban J connectivity index is 1.60. The quantitative estimate of drug-likeness (QED) is 0.722. The van der Waals surface area contributed by atoms with Crippen molar-refractivity contribution >= 4 is 0 Å². The van der Waals surface area contributed by atoms with E-state index < -0.39 is 5.69 Å². The number of aromatic amines is 2. The minimum atomic E-state index is -0.476. The lowest BCUT2D eigenvalue weighted by Crippen LogP contribution is -2.49. The van der Waals surface area contributed by atoms with E-state index in [1.165, 1.54) is 6.20 Å². The Morgan fingerprint density at radius 3 is 2.86 bits per heavy atom. The zero-order valence-electron chi connectivity index (χ0n) is 11.9. The van der Waals surface area contributed by atoms with Crippen molar-refractivity contribution < 1.29 is 9.47 Å². The van der Waals surface area contributed by atoms with E-state index in [0.29, 0.717) is 18.2 Å². The zero-order valence-corrected chi connectivity index (χ0v) is 11.9. The first kappa shape index (κ1) is 14.5. The first-order valence-electron chi connectivity index (χ1n) is 7.43. The highest BCUT2D eigenvalue weighted by molar-refractivity contribution is 5.03. The summed E-state index contributed by atoms with van der Waals surface area (Å²) >= 11 is 0. The van der Waals surface area contributed by atoms with Crippen molar-refractivity contribution in [3.05, 3.63) is 32.6 Å². The average molecular weight is 295 g/mol. The van der Waals surface area contributed by atoms with Crippen LogP contribution in [-0.2, 0) is 16.0 Å². The second kappa shape index (κ2) is 6.13. The molecule has 116 valence electrons. The maximum absolute atomic E-state index is 11.7. The van der Waals surface area contributed by atoms with Gasteiger partial charge in [-0.3, -0.25) is 9.78 Å². The molecule has 0 amide bonds. The Labute approximate surface area is 122 Å². The second-order valence-electron chi connectivity index (χ2n) is 5.81. The Bertz CT molecular complexity index is 583. The average Bonchev–Trinajstić information content (AvgIpc) is 2.47. The first-order chi connectivity index (χ1) is 10.2. The van der Waals surface area contributed by atoms with E-state index in [1.807, 2.05) is 0 Å². The number of hydrogen-bond donors (Lipinski definition) is 3. The fourth-order valence-electron chi connectivity index (χ4n) is 3.12. The number of H-pyrrole nitrogens is 2. The van der Waals surface area contributed by atoms with Gasteiger partial charge in [0.15, 0.2) is 0 Å². The van der Waals surface area contributed by atoms with Crippen molar-refractivity contribution in [3.63, 3.8) is 0 Å². The lowest BCUT2D eigenvalue weighted by atomic mass is 9.84. The van der Waals surface area contributed by atoms with Crippen molar-refractivity contribution in [2.45, 2.75) is 43.9 Å². The highest BCUT2D eigenvalue weighted by Gasteiger charge is 2.38. The molecule has 2 saturated heterocycles. The van der Waals surface area contributed by atoms with Crippen LogP contribution in [0.5, 0.6) is 0 Å². The molecule has 0 aliphatic carbocycles. The molecule has 3 heterocycles. The van der Waals surface area contributed by atoms with Gasteiger partial charge in [-0.15, -0.1) is 0 Å². The van der Waals surface area contributed by atoms with Gasteiger partial charge >= 0.3 is 5.69 Å². The maximum Gasteiger partial charge on any atom is 0.325 e. The van der Waals surface area contributed by atoms with Crippen LogP contribution in [0.25, 0.3) is 0 Å². The van der Waals surface area contributed by atoms with Gasteiger partial charge in [-0.25, -0.2) is 4.79 Å². The molecule has 1 atom stereocenters. The molecule has 3 N–H and O–H groups in total. The Morgan fingerprint density at radius 1 is 1.29 bits per heavy atom. The molecule has 0 saturated carbocycles. The summed E-state index contributed by atoms with van der Waals surface area (Å²) in [5.41, 5.74) is -0.330. The lowest BCUT2D eigenvalue weighted by Gasteiger charge is -2.43. The summed E-state index contributed by atoms with van der Waals surface area (Å²) in [6.45, 7) is 2.70. The number of rotatable bonds is 3. The van der Waals surface area contributed by atoms with Crippen molar-refractivity contribution in [1.82, 2.24) is 15.3 Å². The third-order valence-corrected chi connectivity index (χ3v) is 4.37. The number of ether oxygens (including phenoxy) is 2. The third kappa shape index (κ3) is 3.42. The number of hydrogen-bond acceptors (Lipinski definition) is 5. The fourth-order valence-corrected chi connectivity index (χ4v) is 3.12. The van der Waals surface area contributed by atoms with E-state index in [1.54, 1.807) is 0 Å². The van der Waals surface area contributed by atoms with Crippen LogP contribution in [0.15, 0.2) is 15.8 Å². The van der Waals surface area contributed by atoms with Crippen LogP contribution in [0.2, 0.25) is 0 Å². The van der Waals surface area contributed by atoms with Crippen molar-refractivity contribution in [2.24, 2.45) is 0 Å². The molecule has 3 rings (SSSR count). The minimum absolute atomic E-state index is 0.0639. The van der Waals surface area contributed by atoms with Crippen LogP contribution in [-0.4, -0.2) is 41.4 Å². The molecule has 2 aliphatic rings. The van der Waals surface area contributed by atoms with Crippen LogP contribution < -0.4 is 16.6 Å². The number of nitrogens with one attached hydrogen (secondary N) is 3. The molecule has 7 heteroatoms. The molecule has 1 aromatic heterocycles. The van der Waals surface area contributed by atoms with Crippen LogP contribution in [0, 0.1) is 0 Å². The van der Waals surface area contributed by atoms with Crippen LogP contribution in [0.4, 0.5) is 0 Å². The van der Waals surface area contributed by atoms with Crippen molar-refractivity contribution in [2.75, 3.05) is 19.8 Å². The number of aromatic nitrogens is 2. The van der Waals surface area contributed by atoms with Gasteiger partial charge in [-0.2, -0.15) is 0 Å². The Morgan fingerprint density at radius 2 is 2.10 bits per heavy atom. The molecular formula is C14H21N3O4. The molecule has 1 spiro atoms. The molecule has 2 aliphatic heterocycles. The summed E-state index contributed by atoms with van der Waals surface area (Å²) in [4.78, 5) is 27.4. The monoisotopic (exact) mass is 295 g/mol. The molecule has 0 bridgehead atoms. The van der Waals surface area contributed by atoms with Gasteiger partial charge in [0.1, 0.15) is 0 Å². The topological polar surface area (TPSA) is 96.2 Å². The predicted molar refractivity (Wildman–Crippen MR) is 76.3 cm³/mol. The molecule has 1 aromatic rings. The first-order valence-corrected chi connectivity index (χ1v) is 7.43.